The van der Waals surface area contributed by atoms with Crippen LogP contribution in [0.4, 0.5) is 0 Å². The van der Waals surface area contributed by atoms with Gasteiger partial charge in [-0.3, -0.25) is 14.4 Å². The van der Waals surface area contributed by atoms with Gasteiger partial charge < -0.3 is 24.4 Å². The van der Waals surface area contributed by atoms with Gasteiger partial charge in [-0.15, -0.1) is 0 Å². The number of carbonyl (C=O) groups excluding carboxylic acids is 3. The fourth-order valence-corrected chi connectivity index (χ4v) is 6.04. The van der Waals surface area contributed by atoms with Gasteiger partial charge in [-0.05, 0) is 38.8 Å². The van der Waals surface area contributed by atoms with Gasteiger partial charge in [0.1, 0.15) is 24.2 Å². The Bertz CT molecular complexity index is 1080. The maximum absolute atomic E-state index is 14.2. The van der Waals surface area contributed by atoms with Gasteiger partial charge in [-0.1, -0.05) is 48.6 Å². The van der Waals surface area contributed by atoms with E-state index in [1.54, 1.807) is 23.1 Å². The van der Waals surface area contributed by atoms with E-state index in [1.165, 1.54) is 4.90 Å². The number of hydrogen-bond donors (Lipinski definition) is 1. The molecule has 5 rings (SSSR count). The molecule has 0 bridgehead atoms. The number of amides is 2. The van der Waals surface area contributed by atoms with Gasteiger partial charge in [-0.2, -0.15) is 0 Å². The first-order chi connectivity index (χ1) is 16.7. The average molecular weight is 481 g/mol. The zero-order valence-corrected chi connectivity index (χ0v) is 20.3. The van der Waals surface area contributed by atoms with E-state index in [0.717, 1.165) is 5.56 Å². The van der Waals surface area contributed by atoms with Crippen molar-refractivity contribution in [1.29, 1.82) is 0 Å². The van der Waals surface area contributed by atoms with Crippen LogP contribution < -0.4 is 0 Å². The summed E-state index contributed by atoms with van der Waals surface area (Å²) in [5.74, 6) is -2.89. The molecule has 0 aromatic heterocycles. The van der Waals surface area contributed by atoms with Crippen molar-refractivity contribution in [1.82, 2.24) is 9.80 Å². The standard InChI is InChI=1S/C27H32N2O6/c1-26(2,3)28-13-8-12-27-21(20-19(35-27)11-7-14-34-25(20)33)23(31)29(22(27)24(28)32)18(16-30)15-17-9-5-4-6-10-17/h4-12,18-22,30H,13-16H2,1-3H3/t18-,19-,20+,21+,22?,27+/m1/s1. The topological polar surface area (TPSA) is 96.4 Å². The second kappa shape index (κ2) is 8.60. The van der Waals surface area contributed by atoms with Crippen LogP contribution in [0.3, 0.4) is 0 Å². The molecule has 8 heteroatoms. The van der Waals surface area contributed by atoms with Gasteiger partial charge in [0.15, 0.2) is 0 Å². The number of benzene rings is 1. The van der Waals surface area contributed by atoms with E-state index >= 15 is 0 Å². The minimum atomic E-state index is -1.33. The Morgan fingerprint density at radius 2 is 1.86 bits per heavy atom. The summed E-state index contributed by atoms with van der Waals surface area (Å²) in [4.78, 5) is 44.6. The molecular formula is C27H32N2O6. The molecule has 1 aromatic carbocycles. The summed E-state index contributed by atoms with van der Waals surface area (Å²) in [5.41, 5.74) is -0.894. The van der Waals surface area contributed by atoms with Crippen molar-refractivity contribution in [2.75, 3.05) is 19.8 Å². The molecule has 4 aliphatic heterocycles. The lowest BCUT2D eigenvalue weighted by Gasteiger charge is -2.42. The van der Waals surface area contributed by atoms with Crippen LogP contribution in [0.1, 0.15) is 26.3 Å². The largest absolute Gasteiger partial charge is 0.461 e. The number of aliphatic hydroxyl groups is 1. The quantitative estimate of drug-likeness (QED) is 0.518. The van der Waals surface area contributed by atoms with Crippen LogP contribution >= 0.6 is 0 Å². The first-order valence-corrected chi connectivity index (χ1v) is 12.2. The molecule has 2 fully saturated rings. The molecule has 0 aliphatic carbocycles. The molecule has 0 radical (unpaired) electrons. The number of carbonyl (C=O) groups is 3. The van der Waals surface area contributed by atoms with E-state index in [4.69, 9.17) is 9.47 Å². The molecule has 2 amide bonds. The molecule has 8 nitrogen and oxygen atoms in total. The summed E-state index contributed by atoms with van der Waals surface area (Å²) >= 11 is 0. The van der Waals surface area contributed by atoms with Gasteiger partial charge >= 0.3 is 5.97 Å². The molecule has 4 aliphatic rings. The Labute approximate surface area is 205 Å². The smallest absolute Gasteiger partial charge is 0.313 e. The molecule has 4 heterocycles. The zero-order chi connectivity index (χ0) is 25.0. The number of likely N-dealkylation sites (tertiary alicyclic amines) is 1. The van der Waals surface area contributed by atoms with E-state index < -0.39 is 47.1 Å². The molecule has 0 saturated carbocycles. The number of cyclic esters (lactones) is 1. The number of aliphatic hydroxyl groups excluding tert-OH is 1. The highest BCUT2D eigenvalue weighted by atomic mass is 16.6. The second-order valence-electron chi connectivity index (χ2n) is 10.7. The van der Waals surface area contributed by atoms with E-state index in [0.29, 0.717) is 13.0 Å². The number of ether oxygens (including phenoxy) is 2. The maximum atomic E-state index is 14.2. The van der Waals surface area contributed by atoms with Crippen molar-refractivity contribution in [2.45, 2.75) is 56.5 Å². The van der Waals surface area contributed by atoms with Crippen LogP contribution in [-0.2, 0) is 30.3 Å². The minimum Gasteiger partial charge on any atom is -0.461 e. The van der Waals surface area contributed by atoms with Crippen molar-refractivity contribution in [2.24, 2.45) is 11.8 Å². The van der Waals surface area contributed by atoms with Gasteiger partial charge in [-0.25, -0.2) is 0 Å². The highest BCUT2D eigenvalue weighted by Gasteiger charge is 2.72. The van der Waals surface area contributed by atoms with Crippen molar-refractivity contribution < 1.29 is 29.0 Å². The van der Waals surface area contributed by atoms with Crippen molar-refractivity contribution in [3.63, 3.8) is 0 Å². The summed E-state index contributed by atoms with van der Waals surface area (Å²) < 4.78 is 11.9. The molecule has 2 saturated heterocycles. The van der Waals surface area contributed by atoms with Crippen LogP contribution in [0.15, 0.2) is 54.6 Å². The molecule has 6 atom stereocenters. The molecule has 186 valence electrons. The molecule has 1 spiro atoms. The normalized spacial score (nSPS) is 33.1. The van der Waals surface area contributed by atoms with Gasteiger partial charge in [0.25, 0.3) is 0 Å². The maximum Gasteiger partial charge on any atom is 0.313 e. The lowest BCUT2D eigenvalue weighted by atomic mass is 9.78. The highest BCUT2D eigenvalue weighted by Crippen LogP contribution is 2.54. The Hall–Kier alpha value is -2.97. The van der Waals surface area contributed by atoms with Gasteiger partial charge in [0.05, 0.1) is 24.7 Å². The van der Waals surface area contributed by atoms with Gasteiger partial charge in [0, 0.05) is 12.1 Å². The van der Waals surface area contributed by atoms with Crippen LogP contribution in [0.5, 0.6) is 0 Å². The molecule has 1 N–H and O–H groups in total. The first kappa shape index (κ1) is 23.8. The lowest BCUT2D eigenvalue weighted by Crippen LogP contribution is -2.61. The summed E-state index contributed by atoms with van der Waals surface area (Å²) in [6.45, 7) is 5.99. The molecular weight excluding hydrogens is 448 g/mol. The summed E-state index contributed by atoms with van der Waals surface area (Å²) in [6, 6.07) is 7.88. The summed E-state index contributed by atoms with van der Waals surface area (Å²) in [7, 11) is 0. The van der Waals surface area contributed by atoms with Crippen molar-refractivity contribution >= 4 is 17.8 Å². The van der Waals surface area contributed by atoms with E-state index in [-0.39, 0.29) is 25.0 Å². The van der Waals surface area contributed by atoms with Crippen LogP contribution in [0.25, 0.3) is 0 Å². The summed E-state index contributed by atoms with van der Waals surface area (Å²) in [5, 5.41) is 10.4. The molecule has 1 unspecified atom stereocenters. The van der Waals surface area contributed by atoms with Crippen molar-refractivity contribution in [3.05, 3.63) is 60.2 Å². The Morgan fingerprint density at radius 1 is 1.11 bits per heavy atom. The number of fused-ring (bicyclic) bond motifs is 2. The Kier molecular flexibility index (Phi) is 5.84. The SMILES string of the molecule is CC(C)(C)N1CC=C[C@]23O[C@@H]4C=CCOC(=O)[C@@H]4[C@H]2C(=O)N([C@@H](CO)Cc2ccccc2)C3C1=O. The molecule has 1 aromatic rings. The predicted octanol–water partition coefficient (Wildman–Crippen LogP) is 1.48. The van der Waals surface area contributed by atoms with Crippen LogP contribution in [-0.4, -0.2) is 81.8 Å². The monoisotopic (exact) mass is 480 g/mol. The van der Waals surface area contributed by atoms with E-state index in [1.807, 2.05) is 57.2 Å². The highest BCUT2D eigenvalue weighted by molar-refractivity contribution is 5.99. The van der Waals surface area contributed by atoms with Crippen LogP contribution in [0.2, 0.25) is 0 Å². The Morgan fingerprint density at radius 3 is 2.54 bits per heavy atom. The third-order valence-corrected chi connectivity index (χ3v) is 7.58. The predicted molar refractivity (Wildman–Crippen MR) is 127 cm³/mol. The fourth-order valence-electron chi connectivity index (χ4n) is 6.04. The van der Waals surface area contributed by atoms with Gasteiger partial charge in [0.2, 0.25) is 11.8 Å². The van der Waals surface area contributed by atoms with E-state index in [9.17, 15) is 19.5 Å². The fraction of sp³-hybridized carbons (Fsp3) is 0.519. The second-order valence-corrected chi connectivity index (χ2v) is 10.7. The first-order valence-electron chi connectivity index (χ1n) is 12.2. The minimum absolute atomic E-state index is 0.121. The van der Waals surface area contributed by atoms with Crippen molar-refractivity contribution in [3.8, 4) is 0 Å². The van der Waals surface area contributed by atoms with Crippen LogP contribution in [0, 0.1) is 11.8 Å². The number of hydrogen-bond acceptors (Lipinski definition) is 6. The lowest BCUT2D eigenvalue weighted by molar-refractivity contribution is -0.156. The molecule has 35 heavy (non-hydrogen) atoms. The number of esters is 1. The summed E-state index contributed by atoms with van der Waals surface area (Å²) in [6.07, 6.45) is 6.84. The average Bonchev–Trinajstić information content (AvgIpc) is 3.11. The van der Waals surface area contributed by atoms with E-state index in [2.05, 4.69) is 0 Å². The number of rotatable bonds is 4. The third-order valence-electron chi connectivity index (χ3n) is 7.58. The zero-order valence-electron chi connectivity index (χ0n) is 20.3. The third kappa shape index (κ3) is 3.70. The Balaban J connectivity index is 1.64. The number of nitrogens with zero attached hydrogens (tertiary/aromatic N) is 2.